The van der Waals surface area contributed by atoms with Crippen LogP contribution >= 0.6 is 11.3 Å². The maximum absolute atomic E-state index is 14.8. The number of carbonyl (C=O) groups excluding carboxylic acids is 3. The SMILES string of the molecule is CCO[C@H](C[C@H](C(C)C)N(C)C(=O)C(NC(=O)C1CCCCN1C)C12CC(F)(C1)C2)c1nc(C(=O)N[C@@H](Cc2ccccc2)C[C@H](C)C(=O)O)cs1. The second-order valence-electron chi connectivity index (χ2n) is 15.8. The summed E-state index contributed by atoms with van der Waals surface area (Å²) in [5.74, 6) is -2.35. The van der Waals surface area contributed by atoms with Crippen molar-refractivity contribution in [2.45, 2.75) is 121 Å². The Morgan fingerprint density at radius 2 is 1.79 bits per heavy atom. The van der Waals surface area contributed by atoms with Crippen molar-refractivity contribution in [1.29, 1.82) is 0 Å². The molecule has 13 heteroatoms. The van der Waals surface area contributed by atoms with Crippen LogP contribution in [-0.2, 0) is 25.5 Å². The van der Waals surface area contributed by atoms with Crippen LogP contribution in [0.2, 0.25) is 0 Å². The standard InChI is InChI=1S/C39H56FN5O6S/c1-7-51-31(35-42-28(20-52-35)33(46)41-27(17-25(4)37(49)50)18-26-13-9-8-10-14-26)19-30(24(2)3)45(6)36(48)32(38-21-39(40,22-38)23-38)43-34(47)29-15-11-12-16-44(29)5/h8-10,13-14,20,24-25,27,29-32H,7,11-12,15-19,21-23H2,1-6H3,(H,41,46)(H,43,47)(H,49,50)/t25-,27+,29?,30+,31+,32?,38?,39?/m0/s1. The third-order valence-electron chi connectivity index (χ3n) is 11.4. The van der Waals surface area contributed by atoms with Gasteiger partial charge in [0.15, 0.2) is 0 Å². The predicted octanol–water partition coefficient (Wildman–Crippen LogP) is 5.41. The third kappa shape index (κ3) is 9.02. The highest BCUT2D eigenvalue weighted by molar-refractivity contribution is 7.09. The van der Waals surface area contributed by atoms with Crippen molar-refractivity contribution in [3.05, 3.63) is 52.0 Å². The number of benzene rings is 1. The molecule has 52 heavy (non-hydrogen) atoms. The van der Waals surface area contributed by atoms with Crippen molar-refractivity contribution < 1.29 is 33.4 Å². The Bertz CT molecular complexity index is 1550. The molecule has 0 radical (unpaired) electrons. The number of carboxylic acids is 1. The van der Waals surface area contributed by atoms with Crippen molar-refractivity contribution in [2.24, 2.45) is 17.3 Å². The van der Waals surface area contributed by atoms with Gasteiger partial charge in [-0.05, 0) is 76.9 Å². The van der Waals surface area contributed by atoms with E-state index in [-0.39, 0.29) is 61.2 Å². The lowest BCUT2D eigenvalue weighted by Crippen LogP contribution is -2.75. The Hall–Kier alpha value is -3.42. The molecular formula is C39H56FN5O6S. The second-order valence-corrected chi connectivity index (χ2v) is 16.7. The van der Waals surface area contributed by atoms with E-state index in [2.05, 4.69) is 15.6 Å². The molecule has 6 atom stereocenters. The highest BCUT2D eigenvalue weighted by Gasteiger charge is 2.73. The van der Waals surface area contributed by atoms with Crippen LogP contribution in [-0.4, -0.2) is 101 Å². The first-order valence-electron chi connectivity index (χ1n) is 18.8. The van der Waals surface area contributed by atoms with E-state index in [1.54, 1.807) is 24.3 Å². The Kier molecular flexibility index (Phi) is 12.8. The topological polar surface area (TPSA) is 141 Å². The van der Waals surface area contributed by atoms with Crippen molar-refractivity contribution >= 4 is 35.0 Å². The van der Waals surface area contributed by atoms with Gasteiger partial charge in [-0.2, -0.15) is 0 Å². The van der Waals surface area contributed by atoms with E-state index in [4.69, 9.17) is 4.74 Å². The van der Waals surface area contributed by atoms with Crippen LogP contribution in [0.4, 0.5) is 4.39 Å². The van der Waals surface area contributed by atoms with Gasteiger partial charge in [-0.1, -0.05) is 57.5 Å². The number of nitrogens with one attached hydrogen (secondary N) is 2. The number of carboxylic acid groups (broad SMARTS) is 1. The van der Waals surface area contributed by atoms with Gasteiger partial charge in [0, 0.05) is 43.0 Å². The number of aliphatic carboxylic acids is 1. The molecule has 2 bridgehead atoms. The Morgan fingerprint density at radius 3 is 2.38 bits per heavy atom. The van der Waals surface area contributed by atoms with E-state index in [1.165, 1.54) is 11.3 Å². The number of rotatable bonds is 18. The number of hydrogen-bond donors (Lipinski definition) is 3. The van der Waals surface area contributed by atoms with E-state index in [9.17, 15) is 28.7 Å². The lowest BCUT2D eigenvalue weighted by Gasteiger charge is -2.68. The second kappa shape index (κ2) is 16.7. The normalized spacial score (nSPS) is 25.5. The minimum absolute atomic E-state index is 0.0102. The van der Waals surface area contributed by atoms with Crippen LogP contribution in [0.1, 0.15) is 106 Å². The number of likely N-dealkylation sites (tertiary alicyclic amines) is 1. The molecule has 4 aliphatic rings. The zero-order chi connectivity index (χ0) is 37.8. The first kappa shape index (κ1) is 39.8. The number of ether oxygens (including phenoxy) is 1. The first-order valence-corrected chi connectivity index (χ1v) is 19.6. The zero-order valence-electron chi connectivity index (χ0n) is 31.4. The summed E-state index contributed by atoms with van der Waals surface area (Å²) < 4.78 is 21.0. The quantitative estimate of drug-likeness (QED) is 0.184. The number of aromatic nitrogens is 1. The summed E-state index contributed by atoms with van der Waals surface area (Å²) in [6, 6.07) is 7.77. The molecule has 0 spiro atoms. The minimum atomic E-state index is -1.23. The van der Waals surface area contributed by atoms with Gasteiger partial charge in [-0.3, -0.25) is 24.1 Å². The Morgan fingerprint density at radius 1 is 1.10 bits per heavy atom. The molecule has 1 aromatic heterocycles. The molecule has 3 aliphatic carbocycles. The zero-order valence-corrected chi connectivity index (χ0v) is 32.2. The number of carbonyl (C=O) groups is 4. The summed E-state index contributed by atoms with van der Waals surface area (Å²) in [6.45, 7) is 8.79. The number of hydrogen-bond acceptors (Lipinski definition) is 8. The van der Waals surface area contributed by atoms with Crippen LogP contribution in [0.3, 0.4) is 0 Å². The van der Waals surface area contributed by atoms with Crippen LogP contribution in [0, 0.1) is 17.3 Å². The van der Waals surface area contributed by atoms with E-state index in [1.807, 2.05) is 63.1 Å². The van der Waals surface area contributed by atoms with Crippen molar-refractivity contribution in [3.63, 3.8) is 0 Å². The average molecular weight is 742 g/mol. The van der Waals surface area contributed by atoms with Gasteiger partial charge in [-0.25, -0.2) is 9.37 Å². The fourth-order valence-electron chi connectivity index (χ4n) is 8.49. The van der Waals surface area contributed by atoms with E-state index < -0.39 is 47.1 Å². The molecule has 2 aromatic rings. The number of halogens is 1. The largest absolute Gasteiger partial charge is 0.481 e. The summed E-state index contributed by atoms with van der Waals surface area (Å²) in [5, 5.41) is 17.9. The minimum Gasteiger partial charge on any atom is -0.481 e. The van der Waals surface area contributed by atoms with E-state index >= 15 is 0 Å². The number of piperidine rings is 1. The molecular weight excluding hydrogens is 686 g/mol. The lowest BCUT2D eigenvalue weighted by atomic mass is 9.39. The molecule has 1 saturated heterocycles. The smallest absolute Gasteiger partial charge is 0.306 e. The molecule has 11 nitrogen and oxygen atoms in total. The number of alkyl halides is 1. The van der Waals surface area contributed by atoms with Crippen molar-refractivity contribution in [2.75, 3.05) is 27.2 Å². The van der Waals surface area contributed by atoms with Crippen molar-refractivity contribution in [1.82, 2.24) is 25.4 Å². The molecule has 2 heterocycles. The highest BCUT2D eigenvalue weighted by Crippen LogP contribution is 2.71. The van der Waals surface area contributed by atoms with Gasteiger partial charge in [0.1, 0.15) is 28.5 Å². The number of likely N-dealkylation sites (N-methyl/N-ethyl adjacent to an activating group) is 2. The maximum Gasteiger partial charge on any atom is 0.306 e. The van der Waals surface area contributed by atoms with Crippen LogP contribution < -0.4 is 10.6 Å². The number of thiazole rings is 1. The average Bonchev–Trinajstić information content (AvgIpc) is 3.57. The fraction of sp³-hybridized carbons (Fsp3) is 0.667. The summed E-state index contributed by atoms with van der Waals surface area (Å²) >= 11 is 1.31. The van der Waals surface area contributed by atoms with Gasteiger partial charge in [0.05, 0.1) is 12.0 Å². The molecule has 1 aliphatic heterocycles. The molecule has 6 rings (SSSR count). The maximum atomic E-state index is 14.8. The molecule has 2 unspecified atom stereocenters. The predicted molar refractivity (Wildman–Crippen MR) is 198 cm³/mol. The summed E-state index contributed by atoms with van der Waals surface area (Å²) in [5.41, 5.74) is -0.593. The summed E-state index contributed by atoms with van der Waals surface area (Å²) in [6.07, 6.45) is 4.18. The number of amides is 3. The molecule has 3 saturated carbocycles. The van der Waals surface area contributed by atoms with E-state index in [0.717, 1.165) is 31.4 Å². The van der Waals surface area contributed by atoms with Crippen LogP contribution in [0.15, 0.2) is 35.7 Å². The van der Waals surface area contributed by atoms with Gasteiger partial charge in [0.2, 0.25) is 11.8 Å². The lowest BCUT2D eigenvalue weighted by molar-refractivity contribution is -0.230. The molecule has 3 N–H and O–H groups in total. The molecule has 4 fully saturated rings. The molecule has 1 aromatic carbocycles. The van der Waals surface area contributed by atoms with Gasteiger partial charge in [0.25, 0.3) is 5.91 Å². The number of nitrogens with zero attached hydrogens (tertiary/aromatic N) is 3. The highest BCUT2D eigenvalue weighted by atomic mass is 32.1. The Balaban J connectivity index is 1.30. The third-order valence-corrected chi connectivity index (χ3v) is 12.4. The van der Waals surface area contributed by atoms with Crippen LogP contribution in [0.5, 0.6) is 0 Å². The summed E-state index contributed by atoms with van der Waals surface area (Å²) in [7, 11) is 3.69. The first-order chi connectivity index (χ1) is 24.6. The monoisotopic (exact) mass is 741 g/mol. The van der Waals surface area contributed by atoms with Gasteiger partial charge in [-0.15, -0.1) is 11.3 Å². The van der Waals surface area contributed by atoms with Gasteiger partial charge >= 0.3 is 5.97 Å². The fourth-order valence-corrected chi connectivity index (χ4v) is 9.35. The van der Waals surface area contributed by atoms with E-state index in [0.29, 0.717) is 24.5 Å². The Labute approximate surface area is 311 Å². The van der Waals surface area contributed by atoms with Crippen molar-refractivity contribution in [3.8, 4) is 0 Å². The molecule has 3 amide bonds. The van der Waals surface area contributed by atoms with Crippen LogP contribution in [0.25, 0.3) is 0 Å². The molecule has 286 valence electrons. The van der Waals surface area contributed by atoms with Gasteiger partial charge < -0.3 is 25.4 Å². The summed E-state index contributed by atoms with van der Waals surface area (Å²) in [4.78, 5) is 61.6.